The van der Waals surface area contributed by atoms with E-state index in [1.807, 2.05) is 26.8 Å². The number of amides is 2. The van der Waals surface area contributed by atoms with Gasteiger partial charge < -0.3 is 25.5 Å². The van der Waals surface area contributed by atoms with Crippen LogP contribution in [0.15, 0.2) is 52.6 Å². The number of hydrogen-bond acceptors (Lipinski definition) is 4. The van der Waals surface area contributed by atoms with Crippen molar-refractivity contribution in [1.29, 1.82) is 0 Å². The molecule has 0 fully saturated rings. The third-order valence-corrected chi connectivity index (χ3v) is 8.25. The van der Waals surface area contributed by atoms with Gasteiger partial charge in [0.2, 0.25) is 0 Å². The Balaban J connectivity index is 1.87. The monoisotopic (exact) mass is 584 g/mol. The van der Waals surface area contributed by atoms with Crippen molar-refractivity contribution in [2.45, 2.75) is 65.8 Å². The van der Waals surface area contributed by atoms with Gasteiger partial charge in [-0.3, -0.25) is 19.2 Å². The van der Waals surface area contributed by atoms with Gasteiger partial charge in [-0.25, -0.2) is 4.99 Å². The summed E-state index contributed by atoms with van der Waals surface area (Å²) in [6.07, 6.45) is 7.62. The summed E-state index contributed by atoms with van der Waals surface area (Å²) in [5.74, 6) is -2.36. The van der Waals surface area contributed by atoms with Gasteiger partial charge in [0.1, 0.15) is 0 Å². The van der Waals surface area contributed by atoms with E-state index in [9.17, 15) is 29.4 Å². The molecule has 224 valence electrons. The number of aromatic nitrogens is 2. The first-order chi connectivity index (χ1) is 20.4. The maximum Gasteiger partial charge on any atom is 0.303 e. The summed E-state index contributed by atoms with van der Waals surface area (Å²) in [6, 6.07) is -0.233. The van der Waals surface area contributed by atoms with Crippen molar-refractivity contribution in [2.75, 3.05) is 0 Å². The molecule has 2 aliphatic rings. The molecule has 2 aromatic rings. The molecule has 0 radical (unpaired) electrons. The molecule has 1 unspecified atom stereocenters. The molecule has 2 amide bonds. The Hall–Kier alpha value is -4.99. The Bertz CT molecular complexity index is 1790. The molecule has 1 atom stereocenters. The molecule has 5 N–H and O–H groups in total. The van der Waals surface area contributed by atoms with Crippen LogP contribution in [-0.4, -0.2) is 55.7 Å². The maximum absolute atomic E-state index is 12.4. The summed E-state index contributed by atoms with van der Waals surface area (Å²) in [5, 5.41) is 23.2. The summed E-state index contributed by atoms with van der Waals surface area (Å²) in [5.41, 5.74) is 7.95. The Morgan fingerprint density at radius 3 is 2.07 bits per heavy atom. The number of rotatable bonds is 12. The molecule has 2 aromatic heterocycles. The second-order valence-corrected chi connectivity index (χ2v) is 10.8. The van der Waals surface area contributed by atoms with Crippen molar-refractivity contribution >= 4 is 41.6 Å². The minimum Gasteiger partial charge on any atom is -0.481 e. The molecule has 43 heavy (non-hydrogen) atoms. The first-order valence-electron chi connectivity index (χ1n) is 14.0. The second kappa shape index (κ2) is 12.5. The first kappa shape index (κ1) is 31.0. The highest BCUT2D eigenvalue weighted by Crippen LogP contribution is 2.26. The minimum absolute atomic E-state index is 0.0722. The number of aromatic amines is 2. The molecule has 0 spiro atoms. The lowest BCUT2D eigenvalue weighted by molar-refractivity contribution is -0.138. The van der Waals surface area contributed by atoms with Crippen molar-refractivity contribution in [3.63, 3.8) is 0 Å². The van der Waals surface area contributed by atoms with Gasteiger partial charge in [-0.05, 0) is 80.5 Å². The molecular weight excluding hydrogens is 548 g/mol. The van der Waals surface area contributed by atoms with Crippen LogP contribution in [0, 0.1) is 13.8 Å². The highest BCUT2D eigenvalue weighted by Gasteiger charge is 2.28. The van der Waals surface area contributed by atoms with E-state index >= 15 is 0 Å². The lowest BCUT2D eigenvalue weighted by Crippen LogP contribution is -2.30. The van der Waals surface area contributed by atoms with E-state index in [0.717, 1.165) is 33.5 Å². The zero-order valence-electron chi connectivity index (χ0n) is 24.8. The van der Waals surface area contributed by atoms with Crippen LogP contribution >= 0.6 is 0 Å². The van der Waals surface area contributed by atoms with E-state index in [4.69, 9.17) is 0 Å². The molecule has 0 aliphatic carbocycles. The SMILES string of the molecule is C=CC1=C(C)C(=O)N=C1C=c1[nH]c(=Cc2[nH]c(CC3NC(=O)C(C=C)=C3C)c(C)c2CCC(=O)O)c(CCC(=O)O)c1C. The summed E-state index contributed by atoms with van der Waals surface area (Å²) >= 11 is 0. The van der Waals surface area contributed by atoms with E-state index in [0.29, 0.717) is 45.2 Å². The summed E-state index contributed by atoms with van der Waals surface area (Å²) in [6.45, 7) is 14.9. The topological polar surface area (TPSA) is 165 Å². The normalized spacial score (nSPS) is 17.7. The number of carboxylic acids is 2. The van der Waals surface area contributed by atoms with Crippen molar-refractivity contribution in [3.8, 4) is 0 Å². The van der Waals surface area contributed by atoms with E-state index in [2.05, 4.69) is 33.4 Å². The number of nitrogens with zero attached hydrogens (tertiary/aromatic N) is 1. The molecule has 10 heteroatoms. The predicted molar refractivity (Wildman–Crippen MR) is 164 cm³/mol. The first-order valence-corrected chi connectivity index (χ1v) is 14.0. The van der Waals surface area contributed by atoms with Crippen molar-refractivity contribution < 1.29 is 29.4 Å². The van der Waals surface area contributed by atoms with Crippen LogP contribution in [0.5, 0.6) is 0 Å². The van der Waals surface area contributed by atoms with Crippen molar-refractivity contribution in [3.05, 3.63) is 91.9 Å². The van der Waals surface area contributed by atoms with Crippen molar-refractivity contribution in [2.24, 2.45) is 4.99 Å². The van der Waals surface area contributed by atoms with Gasteiger partial charge >= 0.3 is 11.9 Å². The number of carbonyl (C=O) groups is 4. The Morgan fingerprint density at radius 2 is 1.49 bits per heavy atom. The quantitative estimate of drug-likeness (QED) is 0.257. The lowest BCUT2D eigenvalue weighted by Gasteiger charge is -2.12. The second-order valence-electron chi connectivity index (χ2n) is 10.8. The van der Waals surface area contributed by atoms with Crippen molar-refractivity contribution in [1.82, 2.24) is 15.3 Å². The van der Waals surface area contributed by atoms with E-state index < -0.39 is 11.9 Å². The van der Waals surface area contributed by atoms with Crippen LogP contribution in [0.3, 0.4) is 0 Å². The smallest absolute Gasteiger partial charge is 0.303 e. The van der Waals surface area contributed by atoms with Gasteiger partial charge in [-0.2, -0.15) is 0 Å². The Morgan fingerprint density at radius 1 is 0.860 bits per heavy atom. The van der Waals surface area contributed by atoms with Gasteiger partial charge in [-0.1, -0.05) is 25.3 Å². The van der Waals surface area contributed by atoms with Gasteiger partial charge in [0, 0.05) is 58.1 Å². The molecule has 0 saturated heterocycles. The zero-order valence-corrected chi connectivity index (χ0v) is 24.8. The molecule has 0 aromatic carbocycles. The van der Waals surface area contributed by atoms with Crippen LogP contribution in [0.25, 0.3) is 12.2 Å². The lowest BCUT2D eigenvalue weighted by atomic mass is 9.98. The molecule has 10 nitrogen and oxygen atoms in total. The Kier molecular flexibility index (Phi) is 8.99. The molecule has 0 bridgehead atoms. The van der Waals surface area contributed by atoms with E-state index in [1.54, 1.807) is 25.2 Å². The van der Waals surface area contributed by atoms with Crippen LogP contribution in [0.4, 0.5) is 0 Å². The fraction of sp³-hybridized carbons (Fsp3) is 0.303. The zero-order chi connectivity index (χ0) is 31.6. The molecular formula is C33H36N4O6. The number of nitrogens with one attached hydrogen (secondary N) is 3. The fourth-order valence-electron chi connectivity index (χ4n) is 5.68. The van der Waals surface area contributed by atoms with Gasteiger partial charge in [0.25, 0.3) is 11.8 Å². The highest BCUT2D eigenvalue weighted by molar-refractivity contribution is 6.32. The van der Waals surface area contributed by atoms with Gasteiger partial charge in [-0.15, -0.1) is 0 Å². The summed E-state index contributed by atoms with van der Waals surface area (Å²) in [4.78, 5) is 58.6. The third-order valence-electron chi connectivity index (χ3n) is 8.25. The van der Waals surface area contributed by atoms with Crippen LogP contribution in [0.2, 0.25) is 0 Å². The largest absolute Gasteiger partial charge is 0.481 e. The predicted octanol–water partition coefficient (Wildman–Crippen LogP) is 2.63. The van der Waals surface area contributed by atoms with Crippen LogP contribution < -0.4 is 16.0 Å². The molecule has 2 aliphatic heterocycles. The van der Waals surface area contributed by atoms with E-state index in [-0.39, 0.29) is 43.5 Å². The summed E-state index contributed by atoms with van der Waals surface area (Å²) < 4.78 is 0. The van der Waals surface area contributed by atoms with E-state index in [1.165, 1.54) is 0 Å². The average molecular weight is 585 g/mol. The Labute approximate surface area is 249 Å². The third kappa shape index (κ3) is 6.28. The standard InChI is InChI=1S/C33H36N4O6/c1-7-20-19(6)32(42)37-27(20)14-25-18(5)23(10-12-31(40)41)29(35-25)15-28-22(9-11-30(38)39)17(4)24(34-28)13-26-16(3)21(8-2)33(43)36-26/h7-8,14-15,26,34-35H,1-2,9-13H2,3-6H3,(H,36,43)(H,38,39)(H,40,41). The highest BCUT2D eigenvalue weighted by atomic mass is 16.4. The molecule has 4 rings (SSSR count). The summed E-state index contributed by atoms with van der Waals surface area (Å²) in [7, 11) is 0. The fourth-order valence-corrected chi connectivity index (χ4v) is 5.68. The number of allylic oxidation sites excluding steroid dienone is 2. The maximum atomic E-state index is 12.4. The number of H-pyrrole nitrogens is 2. The number of hydrogen-bond donors (Lipinski definition) is 5. The van der Waals surface area contributed by atoms with Crippen LogP contribution in [-0.2, 0) is 38.4 Å². The average Bonchev–Trinajstić information content (AvgIpc) is 3.59. The van der Waals surface area contributed by atoms with Crippen LogP contribution in [0.1, 0.15) is 60.3 Å². The molecule has 0 saturated carbocycles. The number of carbonyl (C=O) groups excluding carboxylic acids is 2. The number of carboxylic acid groups (broad SMARTS) is 2. The molecule has 4 heterocycles. The number of aliphatic imine (C=N–C) groups is 1. The minimum atomic E-state index is -0.934. The number of aliphatic carboxylic acids is 2. The van der Waals surface area contributed by atoms with Gasteiger partial charge in [0.15, 0.2) is 0 Å². The van der Waals surface area contributed by atoms with Gasteiger partial charge in [0.05, 0.1) is 11.8 Å².